The van der Waals surface area contributed by atoms with Crippen LogP contribution in [0.2, 0.25) is 0 Å². The molecule has 1 saturated carbocycles. The summed E-state index contributed by atoms with van der Waals surface area (Å²) in [6.07, 6.45) is 1.43. The largest absolute Gasteiger partial charge is 0.369 e. The Hall–Kier alpha value is -2.46. The summed E-state index contributed by atoms with van der Waals surface area (Å²) in [4.78, 5) is 27.4. The Labute approximate surface area is 160 Å². The highest BCUT2D eigenvalue weighted by Crippen LogP contribution is 2.33. The fourth-order valence-electron chi connectivity index (χ4n) is 3.95. The Bertz CT molecular complexity index is 810. The lowest BCUT2D eigenvalue weighted by molar-refractivity contribution is -0.124. The first-order valence-corrected chi connectivity index (χ1v) is 9.77. The standard InChI is InChI=1S/C23H26N2O2/c1-17(26)19-6-8-22(9-7-19)25-12-10-24(11-13-25)16-18-2-4-20(5-3-18)21-14-23(27)15-21/h2-9,21H,10-16H2,1H3. The molecule has 2 aromatic carbocycles. The zero-order chi connectivity index (χ0) is 18.8. The van der Waals surface area contributed by atoms with Crippen LogP contribution in [0.3, 0.4) is 0 Å². The number of anilines is 1. The second kappa shape index (κ2) is 7.65. The third kappa shape index (κ3) is 4.11. The molecule has 4 nitrogen and oxygen atoms in total. The van der Waals surface area contributed by atoms with Gasteiger partial charge < -0.3 is 4.90 Å². The number of carbonyl (C=O) groups is 2. The summed E-state index contributed by atoms with van der Waals surface area (Å²) in [6.45, 7) is 6.65. The van der Waals surface area contributed by atoms with E-state index in [2.05, 4.69) is 46.2 Å². The van der Waals surface area contributed by atoms with Gasteiger partial charge in [0.1, 0.15) is 5.78 Å². The van der Waals surface area contributed by atoms with Crippen molar-refractivity contribution in [2.45, 2.75) is 32.2 Å². The van der Waals surface area contributed by atoms with Gasteiger partial charge in [0.05, 0.1) is 0 Å². The lowest BCUT2D eigenvalue weighted by Crippen LogP contribution is -2.45. The molecule has 4 heteroatoms. The highest BCUT2D eigenvalue weighted by molar-refractivity contribution is 5.94. The van der Waals surface area contributed by atoms with Crippen LogP contribution in [0, 0.1) is 0 Å². The fraction of sp³-hybridized carbons (Fsp3) is 0.391. The molecule has 1 aliphatic carbocycles. The molecular formula is C23H26N2O2. The average molecular weight is 362 g/mol. The molecule has 2 aliphatic rings. The fourth-order valence-corrected chi connectivity index (χ4v) is 3.95. The van der Waals surface area contributed by atoms with Crippen LogP contribution in [-0.4, -0.2) is 42.6 Å². The van der Waals surface area contributed by atoms with Gasteiger partial charge in [-0.2, -0.15) is 0 Å². The van der Waals surface area contributed by atoms with Gasteiger partial charge in [0.25, 0.3) is 0 Å². The van der Waals surface area contributed by atoms with E-state index in [1.165, 1.54) is 16.8 Å². The smallest absolute Gasteiger partial charge is 0.159 e. The monoisotopic (exact) mass is 362 g/mol. The molecule has 0 amide bonds. The first-order valence-electron chi connectivity index (χ1n) is 9.77. The van der Waals surface area contributed by atoms with E-state index in [0.717, 1.165) is 38.3 Å². The summed E-state index contributed by atoms with van der Waals surface area (Å²) in [7, 11) is 0. The molecule has 0 unspecified atom stereocenters. The zero-order valence-corrected chi connectivity index (χ0v) is 15.9. The quantitative estimate of drug-likeness (QED) is 0.761. The molecule has 4 rings (SSSR count). The number of hydrogen-bond donors (Lipinski definition) is 0. The second-order valence-corrected chi connectivity index (χ2v) is 7.75. The number of hydrogen-bond acceptors (Lipinski definition) is 4. The van der Waals surface area contributed by atoms with Crippen molar-refractivity contribution in [1.82, 2.24) is 4.90 Å². The van der Waals surface area contributed by atoms with Crippen LogP contribution in [0.5, 0.6) is 0 Å². The zero-order valence-electron chi connectivity index (χ0n) is 15.9. The van der Waals surface area contributed by atoms with Crippen LogP contribution in [0.1, 0.15) is 47.2 Å². The van der Waals surface area contributed by atoms with Gasteiger partial charge >= 0.3 is 0 Å². The predicted molar refractivity (Wildman–Crippen MR) is 107 cm³/mol. The van der Waals surface area contributed by atoms with Crippen LogP contribution in [-0.2, 0) is 11.3 Å². The van der Waals surface area contributed by atoms with Gasteiger partial charge in [-0.1, -0.05) is 24.3 Å². The van der Waals surface area contributed by atoms with E-state index in [0.29, 0.717) is 24.5 Å². The second-order valence-electron chi connectivity index (χ2n) is 7.75. The van der Waals surface area contributed by atoms with Gasteiger partial charge in [-0.3, -0.25) is 14.5 Å². The first-order chi connectivity index (χ1) is 13.1. The van der Waals surface area contributed by atoms with Gasteiger partial charge in [-0.05, 0) is 48.2 Å². The van der Waals surface area contributed by atoms with E-state index < -0.39 is 0 Å². The van der Waals surface area contributed by atoms with Crippen molar-refractivity contribution in [3.05, 3.63) is 65.2 Å². The third-order valence-corrected chi connectivity index (χ3v) is 5.82. The first kappa shape index (κ1) is 17.9. The third-order valence-electron chi connectivity index (χ3n) is 5.82. The molecule has 1 aliphatic heterocycles. The highest BCUT2D eigenvalue weighted by atomic mass is 16.1. The molecule has 0 N–H and O–H groups in total. The molecule has 0 aromatic heterocycles. The lowest BCUT2D eigenvalue weighted by Gasteiger charge is -2.36. The number of ketones is 2. The Kier molecular flexibility index (Phi) is 5.08. The Morgan fingerprint density at radius 2 is 1.56 bits per heavy atom. The molecule has 0 spiro atoms. The van der Waals surface area contributed by atoms with Crippen molar-refractivity contribution < 1.29 is 9.59 Å². The maximum Gasteiger partial charge on any atom is 0.159 e. The summed E-state index contributed by atoms with van der Waals surface area (Å²) < 4.78 is 0. The summed E-state index contributed by atoms with van der Waals surface area (Å²) in [5.74, 6) is 0.948. The summed E-state index contributed by atoms with van der Waals surface area (Å²) in [5.41, 5.74) is 4.60. The van der Waals surface area contributed by atoms with Crippen molar-refractivity contribution in [3.8, 4) is 0 Å². The van der Waals surface area contributed by atoms with Crippen molar-refractivity contribution in [2.24, 2.45) is 0 Å². The van der Waals surface area contributed by atoms with Crippen molar-refractivity contribution >= 4 is 17.3 Å². The maximum absolute atomic E-state index is 11.4. The van der Waals surface area contributed by atoms with Gasteiger partial charge in [-0.25, -0.2) is 0 Å². The lowest BCUT2D eigenvalue weighted by atomic mass is 9.79. The van der Waals surface area contributed by atoms with Gasteiger partial charge in [0.15, 0.2) is 5.78 Å². The SMILES string of the molecule is CC(=O)c1ccc(N2CCN(Cc3ccc(C4CC(=O)C4)cc3)CC2)cc1. The number of rotatable bonds is 5. The molecule has 140 valence electrons. The molecule has 2 aromatic rings. The molecule has 0 radical (unpaired) electrons. The number of Topliss-reactive ketones (excluding diaryl/α,β-unsaturated/α-hetero) is 2. The predicted octanol–water partition coefficient (Wildman–Crippen LogP) is 3.66. The van der Waals surface area contributed by atoms with Crippen molar-refractivity contribution in [3.63, 3.8) is 0 Å². The van der Waals surface area contributed by atoms with Crippen LogP contribution >= 0.6 is 0 Å². The molecule has 2 fully saturated rings. The summed E-state index contributed by atoms with van der Waals surface area (Å²) in [5, 5.41) is 0. The molecule has 27 heavy (non-hydrogen) atoms. The van der Waals surface area contributed by atoms with Crippen LogP contribution in [0.25, 0.3) is 0 Å². The highest BCUT2D eigenvalue weighted by Gasteiger charge is 2.27. The molecular weight excluding hydrogens is 336 g/mol. The van der Waals surface area contributed by atoms with E-state index in [9.17, 15) is 9.59 Å². The number of nitrogens with zero attached hydrogens (tertiary/aromatic N) is 2. The summed E-state index contributed by atoms with van der Waals surface area (Å²) >= 11 is 0. The van der Waals surface area contributed by atoms with Crippen LogP contribution in [0.15, 0.2) is 48.5 Å². The van der Waals surface area contributed by atoms with Gasteiger partial charge in [-0.15, -0.1) is 0 Å². The van der Waals surface area contributed by atoms with E-state index >= 15 is 0 Å². The normalized spacial score (nSPS) is 18.4. The van der Waals surface area contributed by atoms with Crippen LogP contribution < -0.4 is 4.90 Å². The summed E-state index contributed by atoms with van der Waals surface area (Å²) in [6, 6.07) is 16.8. The van der Waals surface area contributed by atoms with Gasteiger partial charge in [0, 0.05) is 56.8 Å². The molecule has 1 heterocycles. The minimum Gasteiger partial charge on any atom is -0.369 e. The van der Waals surface area contributed by atoms with Crippen molar-refractivity contribution in [1.29, 1.82) is 0 Å². The van der Waals surface area contributed by atoms with E-state index in [1.807, 2.05) is 12.1 Å². The molecule has 0 atom stereocenters. The van der Waals surface area contributed by atoms with Crippen molar-refractivity contribution in [2.75, 3.05) is 31.1 Å². The van der Waals surface area contributed by atoms with E-state index in [-0.39, 0.29) is 5.78 Å². The number of carbonyl (C=O) groups excluding carboxylic acids is 2. The minimum absolute atomic E-state index is 0.112. The Morgan fingerprint density at radius 3 is 2.11 bits per heavy atom. The topological polar surface area (TPSA) is 40.6 Å². The van der Waals surface area contributed by atoms with Crippen LogP contribution in [0.4, 0.5) is 5.69 Å². The molecule has 1 saturated heterocycles. The maximum atomic E-state index is 11.4. The van der Waals surface area contributed by atoms with E-state index in [4.69, 9.17) is 0 Å². The average Bonchev–Trinajstić information content (AvgIpc) is 2.67. The minimum atomic E-state index is 0.112. The van der Waals surface area contributed by atoms with Gasteiger partial charge in [0.2, 0.25) is 0 Å². The number of benzene rings is 2. The molecule has 0 bridgehead atoms. The Balaban J connectivity index is 1.29. The number of piperazine rings is 1. The van der Waals surface area contributed by atoms with E-state index in [1.54, 1.807) is 6.92 Å². The Morgan fingerprint density at radius 1 is 0.926 bits per heavy atom.